The van der Waals surface area contributed by atoms with E-state index < -0.39 is 23.9 Å². The van der Waals surface area contributed by atoms with Gasteiger partial charge in [0.15, 0.2) is 6.61 Å². The third-order valence-electron chi connectivity index (χ3n) is 4.67. The summed E-state index contributed by atoms with van der Waals surface area (Å²) in [5, 5.41) is 8.21. The molecule has 3 rings (SSSR count). The van der Waals surface area contributed by atoms with Gasteiger partial charge in [0.25, 0.3) is 5.91 Å². The zero-order chi connectivity index (χ0) is 22.4. The van der Waals surface area contributed by atoms with Crippen LogP contribution in [0.25, 0.3) is 0 Å². The van der Waals surface area contributed by atoms with Gasteiger partial charge in [0.2, 0.25) is 0 Å². The number of para-hydroxylation sites is 3. The third-order valence-corrected chi connectivity index (χ3v) is 4.67. The van der Waals surface area contributed by atoms with E-state index in [1.807, 2.05) is 0 Å². The van der Waals surface area contributed by atoms with Gasteiger partial charge < -0.3 is 30.2 Å². The second-order valence-corrected chi connectivity index (χ2v) is 6.63. The highest BCUT2D eigenvalue weighted by Gasteiger charge is 2.33. The predicted molar refractivity (Wildman–Crippen MR) is 113 cm³/mol. The van der Waals surface area contributed by atoms with Gasteiger partial charge in [0.05, 0.1) is 31.5 Å². The Labute approximate surface area is 179 Å². The molecule has 1 unspecified atom stereocenters. The van der Waals surface area contributed by atoms with Crippen molar-refractivity contribution in [2.24, 2.45) is 0 Å². The first kappa shape index (κ1) is 21.7. The van der Waals surface area contributed by atoms with Crippen LogP contribution in [-0.4, -0.2) is 38.7 Å². The average molecular weight is 425 g/mol. The van der Waals surface area contributed by atoms with Gasteiger partial charge >= 0.3 is 12.0 Å². The van der Waals surface area contributed by atoms with E-state index in [0.29, 0.717) is 34.0 Å². The summed E-state index contributed by atoms with van der Waals surface area (Å²) in [6, 6.07) is 12.6. The van der Waals surface area contributed by atoms with Crippen molar-refractivity contribution in [3.05, 3.63) is 65.4 Å². The number of esters is 1. The molecule has 9 heteroatoms. The normalized spacial score (nSPS) is 15.5. The highest BCUT2D eigenvalue weighted by atomic mass is 16.6. The molecule has 1 atom stereocenters. The first-order valence-corrected chi connectivity index (χ1v) is 9.45. The Balaban J connectivity index is 1.96. The molecule has 0 aliphatic carbocycles. The van der Waals surface area contributed by atoms with Gasteiger partial charge in [-0.3, -0.25) is 4.79 Å². The summed E-state index contributed by atoms with van der Waals surface area (Å²) >= 11 is 0. The molecule has 2 aromatic rings. The summed E-state index contributed by atoms with van der Waals surface area (Å²) in [4.78, 5) is 36.9. The second kappa shape index (κ2) is 9.66. The van der Waals surface area contributed by atoms with E-state index >= 15 is 0 Å². The van der Waals surface area contributed by atoms with Crippen molar-refractivity contribution < 1.29 is 28.6 Å². The minimum absolute atomic E-state index is 0.291. The second-order valence-electron chi connectivity index (χ2n) is 6.63. The Morgan fingerprint density at radius 1 is 1.03 bits per heavy atom. The summed E-state index contributed by atoms with van der Waals surface area (Å²) < 4.78 is 15.5. The van der Waals surface area contributed by atoms with Crippen LogP contribution in [0.1, 0.15) is 18.5 Å². The van der Waals surface area contributed by atoms with E-state index in [2.05, 4.69) is 20.7 Å². The summed E-state index contributed by atoms with van der Waals surface area (Å²) in [5.41, 5.74) is 1.69. The lowest BCUT2D eigenvalue weighted by atomic mass is 9.94. The van der Waals surface area contributed by atoms with Crippen LogP contribution in [0.5, 0.6) is 11.5 Å². The number of hydrogen-bond acceptors (Lipinski definition) is 6. The van der Waals surface area contributed by atoms with Gasteiger partial charge in [-0.05, 0) is 25.1 Å². The number of ether oxygens (including phenoxy) is 3. The maximum absolute atomic E-state index is 13.2. The number of rotatable bonds is 7. The van der Waals surface area contributed by atoms with Crippen molar-refractivity contribution in [1.29, 1.82) is 0 Å². The molecule has 3 N–H and O–H groups in total. The van der Waals surface area contributed by atoms with Gasteiger partial charge in [0, 0.05) is 11.3 Å². The predicted octanol–water partition coefficient (Wildman–Crippen LogP) is 2.51. The summed E-state index contributed by atoms with van der Waals surface area (Å²) in [6.45, 7) is 1.33. The Kier molecular flexibility index (Phi) is 6.76. The molecule has 9 nitrogen and oxygen atoms in total. The number of hydrogen-bond donors (Lipinski definition) is 3. The molecule has 162 valence electrons. The Hall–Kier alpha value is -4.01. The molecule has 0 bridgehead atoms. The third kappa shape index (κ3) is 4.95. The zero-order valence-corrected chi connectivity index (χ0v) is 17.4. The van der Waals surface area contributed by atoms with Crippen LogP contribution in [0.15, 0.2) is 59.8 Å². The number of urea groups is 1. The Morgan fingerprint density at radius 3 is 2.42 bits per heavy atom. The molecule has 0 saturated carbocycles. The standard InChI is InChI=1S/C22H23N3O6/c1-13-19(21(27)24-15-9-5-7-11-17(15)29-2)20(25-22(28)23-13)14-8-4-6-10-16(14)31-12-18(26)30-3/h4-11,20H,12H2,1-3H3,(H,24,27)(H2,23,25,28). The van der Waals surface area contributed by atoms with Crippen LogP contribution in [0.3, 0.4) is 0 Å². The maximum atomic E-state index is 13.2. The van der Waals surface area contributed by atoms with E-state index in [1.165, 1.54) is 14.2 Å². The number of anilines is 1. The maximum Gasteiger partial charge on any atom is 0.343 e. The van der Waals surface area contributed by atoms with E-state index in [0.717, 1.165) is 0 Å². The van der Waals surface area contributed by atoms with Crippen LogP contribution in [-0.2, 0) is 14.3 Å². The molecule has 0 aromatic heterocycles. The fourth-order valence-corrected chi connectivity index (χ4v) is 3.21. The molecular weight excluding hydrogens is 402 g/mol. The number of carbonyl (C=O) groups is 3. The molecule has 0 spiro atoms. The van der Waals surface area contributed by atoms with Crippen molar-refractivity contribution >= 4 is 23.6 Å². The van der Waals surface area contributed by atoms with E-state index in [4.69, 9.17) is 9.47 Å². The average Bonchev–Trinajstić information content (AvgIpc) is 2.77. The molecule has 3 amide bonds. The van der Waals surface area contributed by atoms with Crippen LogP contribution in [0.4, 0.5) is 10.5 Å². The van der Waals surface area contributed by atoms with Gasteiger partial charge in [-0.15, -0.1) is 0 Å². The number of methoxy groups -OCH3 is 2. The van der Waals surface area contributed by atoms with Gasteiger partial charge in [0.1, 0.15) is 11.5 Å². The number of allylic oxidation sites excluding steroid dienone is 1. The van der Waals surface area contributed by atoms with Gasteiger partial charge in [-0.1, -0.05) is 30.3 Å². The number of carbonyl (C=O) groups excluding carboxylic acids is 3. The number of benzene rings is 2. The summed E-state index contributed by atoms with van der Waals surface area (Å²) in [7, 11) is 2.77. The molecule has 1 aliphatic heterocycles. The number of amides is 3. The monoisotopic (exact) mass is 425 g/mol. The van der Waals surface area contributed by atoms with Crippen LogP contribution in [0, 0.1) is 0 Å². The van der Waals surface area contributed by atoms with Crippen molar-refractivity contribution in [1.82, 2.24) is 10.6 Å². The molecule has 0 saturated heterocycles. The first-order valence-electron chi connectivity index (χ1n) is 9.45. The van der Waals surface area contributed by atoms with E-state index in [-0.39, 0.29) is 6.61 Å². The topological polar surface area (TPSA) is 115 Å². The molecule has 31 heavy (non-hydrogen) atoms. The Bertz CT molecular complexity index is 1030. The molecule has 0 fully saturated rings. The fraction of sp³-hybridized carbons (Fsp3) is 0.227. The van der Waals surface area contributed by atoms with Gasteiger partial charge in [-0.2, -0.15) is 0 Å². The molecule has 1 heterocycles. The summed E-state index contributed by atoms with van der Waals surface area (Å²) in [5.74, 6) is -0.136. The first-order chi connectivity index (χ1) is 14.9. The van der Waals surface area contributed by atoms with Crippen molar-refractivity contribution in [2.75, 3.05) is 26.1 Å². The SMILES string of the molecule is COC(=O)COc1ccccc1C1NC(=O)NC(C)=C1C(=O)Nc1ccccc1OC. The van der Waals surface area contributed by atoms with Crippen molar-refractivity contribution in [2.45, 2.75) is 13.0 Å². The van der Waals surface area contributed by atoms with E-state index in [1.54, 1.807) is 55.5 Å². The smallest absolute Gasteiger partial charge is 0.343 e. The minimum Gasteiger partial charge on any atom is -0.495 e. The van der Waals surface area contributed by atoms with Crippen molar-refractivity contribution in [3.63, 3.8) is 0 Å². The largest absolute Gasteiger partial charge is 0.495 e. The molecule has 1 aliphatic rings. The molecule has 0 radical (unpaired) electrons. The van der Waals surface area contributed by atoms with Crippen LogP contribution >= 0.6 is 0 Å². The van der Waals surface area contributed by atoms with Gasteiger partial charge in [-0.25, -0.2) is 9.59 Å². The minimum atomic E-state index is -0.808. The molecule has 2 aromatic carbocycles. The van der Waals surface area contributed by atoms with Crippen molar-refractivity contribution in [3.8, 4) is 11.5 Å². The lowest BCUT2D eigenvalue weighted by Gasteiger charge is -2.29. The zero-order valence-electron chi connectivity index (χ0n) is 17.4. The quantitative estimate of drug-likeness (QED) is 0.587. The lowest BCUT2D eigenvalue weighted by molar-refractivity contribution is -0.142. The van der Waals surface area contributed by atoms with Crippen LogP contribution in [0.2, 0.25) is 0 Å². The Morgan fingerprint density at radius 2 is 1.71 bits per heavy atom. The summed E-state index contributed by atoms with van der Waals surface area (Å²) in [6.07, 6.45) is 0. The fourth-order valence-electron chi connectivity index (χ4n) is 3.21. The number of nitrogens with one attached hydrogen (secondary N) is 3. The lowest BCUT2D eigenvalue weighted by Crippen LogP contribution is -2.46. The van der Waals surface area contributed by atoms with Crippen LogP contribution < -0.4 is 25.4 Å². The highest BCUT2D eigenvalue weighted by molar-refractivity contribution is 6.07. The highest BCUT2D eigenvalue weighted by Crippen LogP contribution is 2.34. The van der Waals surface area contributed by atoms with E-state index in [9.17, 15) is 14.4 Å². The molecular formula is C22H23N3O6.